The van der Waals surface area contributed by atoms with Crippen molar-refractivity contribution in [3.8, 4) is 0 Å². The van der Waals surface area contributed by atoms with Crippen LogP contribution in [-0.4, -0.2) is 29.0 Å². The Hall–Kier alpha value is -1.73. The van der Waals surface area contributed by atoms with Crippen LogP contribution in [0.25, 0.3) is 0 Å². The summed E-state index contributed by atoms with van der Waals surface area (Å²) in [6.07, 6.45) is -3.05. The van der Waals surface area contributed by atoms with Crippen molar-refractivity contribution in [1.29, 1.82) is 0 Å². The Labute approximate surface area is 126 Å². The maximum absolute atomic E-state index is 12.9. The van der Waals surface area contributed by atoms with Gasteiger partial charge in [-0.25, -0.2) is 4.79 Å². The molecule has 124 valence electrons. The average Bonchev–Trinajstić information content (AvgIpc) is 3.03. The molecule has 1 amide bonds. The predicted octanol–water partition coefficient (Wildman–Crippen LogP) is 3.47. The molecule has 1 saturated carbocycles. The molecule has 0 bridgehead atoms. The van der Waals surface area contributed by atoms with Gasteiger partial charge >= 0.3 is 12.3 Å². The van der Waals surface area contributed by atoms with Crippen molar-refractivity contribution in [2.75, 3.05) is 7.11 Å². The number of nitrogens with one attached hydrogen (secondary N) is 1. The van der Waals surface area contributed by atoms with E-state index in [9.17, 15) is 18.0 Å². The smallest absolute Gasteiger partial charge is 0.435 e. The zero-order valence-corrected chi connectivity index (χ0v) is 12.8. The molecule has 1 aliphatic carbocycles. The summed E-state index contributed by atoms with van der Waals surface area (Å²) >= 11 is 0. The Bertz CT molecular complexity index is 540. The molecule has 0 radical (unpaired) electrons. The van der Waals surface area contributed by atoms with E-state index >= 15 is 0 Å². The van der Waals surface area contributed by atoms with Gasteiger partial charge in [0.25, 0.3) is 0 Å². The molecule has 0 spiro atoms. The third-order valence-corrected chi connectivity index (χ3v) is 3.90. The van der Waals surface area contributed by atoms with Gasteiger partial charge in [-0.15, -0.1) is 0 Å². The van der Waals surface area contributed by atoms with Crippen LogP contribution in [0.4, 0.5) is 18.0 Å². The molecule has 1 N–H and O–H groups in total. The van der Waals surface area contributed by atoms with E-state index in [1.165, 1.54) is 11.8 Å². The fourth-order valence-corrected chi connectivity index (χ4v) is 2.81. The van der Waals surface area contributed by atoms with Gasteiger partial charge in [-0.3, -0.25) is 4.68 Å². The van der Waals surface area contributed by atoms with Crippen molar-refractivity contribution in [2.24, 2.45) is 0 Å². The number of alkyl halides is 3. The highest BCUT2D eigenvalue weighted by molar-refractivity contribution is 5.67. The van der Waals surface area contributed by atoms with Crippen LogP contribution in [0, 0.1) is 0 Å². The van der Waals surface area contributed by atoms with Gasteiger partial charge in [-0.2, -0.15) is 18.3 Å². The topological polar surface area (TPSA) is 56.1 Å². The fourth-order valence-electron chi connectivity index (χ4n) is 2.81. The molecule has 0 aromatic carbocycles. The highest BCUT2D eigenvalue weighted by Crippen LogP contribution is 2.36. The first-order valence-corrected chi connectivity index (χ1v) is 7.23. The van der Waals surface area contributed by atoms with E-state index in [4.69, 9.17) is 0 Å². The minimum absolute atomic E-state index is 0.0591. The maximum Gasteiger partial charge on any atom is 0.435 e. The summed E-state index contributed by atoms with van der Waals surface area (Å²) in [6, 6.07) is 0.873. The van der Waals surface area contributed by atoms with E-state index in [1.807, 2.05) is 13.8 Å². The van der Waals surface area contributed by atoms with Crippen molar-refractivity contribution in [2.45, 2.75) is 57.3 Å². The van der Waals surface area contributed by atoms with Crippen LogP contribution in [0.1, 0.15) is 56.5 Å². The minimum atomic E-state index is -4.45. The summed E-state index contributed by atoms with van der Waals surface area (Å²) in [5.74, 6) is -0.0591. The Morgan fingerprint density at radius 2 is 2.14 bits per heavy atom. The standard InChI is InChI=1S/C14H20F3N3O2/c1-8(2)11-7-12(14(15,16)17)19-20(11)10-5-4-9(6-10)18-13(21)22-3/h7-10H,4-6H2,1-3H3,(H,18,21). The lowest BCUT2D eigenvalue weighted by molar-refractivity contribution is -0.141. The minimum Gasteiger partial charge on any atom is -0.453 e. The number of hydrogen-bond donors (Lipinski definition) is 1. The molecule has 0 saturated heterocycles. The van der Waals surface area contributed by atoms with Crippen molar-refractivity contribution < 1.29 is 22.7 Å². The zero-order valence-electron chi connectivity index (χ0n) is 12.8. The lowest BCUT2D eigenvalue weighted by atomic mass is 10.1. The van der Waals surface area contributed by atoms with E-state index < -0.39 is 18.0 Å². The second kappa shape index (κ2) is 6.18. The number of hydrogen-bond acceptors (Lipinski definition) is 3. The van der Waals surface area contributed by atoms with Crippen LogP contribution in [-0.2, 0) is 10.9 Å². The second-order valence-electron chi connectivity index (χ2n) is 5.85. The van der Waals surface area contributed by atoms with Gasteiger partial charge in [0.2, 0.25) is 0 Å². The number of alkyl carbamates (subject to hydrolysis) is 1. The number of ether oxygens (including phenoxy) is 1. The number of amides is 1. The van der Waals surface area contributed by atoms with Crippen LogP contribution in [0.15, 0.2) is 6.07 Å². The molecule has 5 nitrogen and oxygen atoms in total. The zero-order chi connectivity index (χ0) is 16.5. The molecule has 1 aromatic heterocycles. The molecule has 2 atom stereocenters. The first-order chi connectivity index (χ1) is 10.2. The molecule has 2 unspecified atom stereocenters. The molecular formula is C14H20F3N3O2. The lowest BCUT2D eigenvalue weighted by Gasteiger charge is -2.17. The van der Waals surface area contributed by atoms with E-state index in [-0.39, 0.29) is 18.0 Å². The molecule has 0 aliphatic heterocycles. The molecule has 1 aliphatic rings. The molecular weight excluding hydrogens is 299 g/mol. The summed E-state index contributed by atoms with van der Waals surface area (Å²) in [4.78, 5) is 11.2. The molecule has 2 rings (SSSR count). The number of methoxy groups -OCH3 is 1. The van der Waals surface area contributed by atoms with Crippen molar-refractivity contribution >= 4 is 6.09 Å². The van der Waals surface area contributed by atoms with E-state index in [0.717, 1.165) is 6.07 Å². The molecule has 22 heavy (non-hydrogen) atoms. The number of halogens is 3. The van der Waals surface area contributed by atoms with Gasteiger partial charge in [-0.1, -0.05) is 13.8 Å². The number of carbonyl (C=O) groups is 1. The molecule has 8 heteroatoms. The van der Waals surface area contributed by atoms with Gasteiger partial charge in [0.15, 0.2) is 5.69 Å². The fraction of sp³-hybridized carbons (Fsp3) is 0.714. The van der Waals surface area contributed by atoms with E-state index in [0.29, 0.717) is 25.0 Å². The summed E-state index contributed by atoms with van der Waals surface area (Å²) in [7, 11) is 1.28. The monoisotopic (exact) mass is 319 g/mol. The summed E-state index contributed by atoms with van der Waals surface area (Å²) < 4.78 is 44.7. The number of nitrogens with zero attached hydrogens (tertiary/aromatic N) is 2. The van der Waals surface area contributed by atoms with Gasteiger partial charge < -0.3 is 10.1 Å². The lowest BCUT2D eigenvalue weighted by Crippen LogP contribution is -2.32. The quantitative estimate of drug-likeness (QED) is 0.928. The highest BCUT2D eigenvalue weighted by Gasteiger charge is 2.37. The third kappa shape index (κ3) is 3.53. The number of carbonyl (C=O) groups excluding carboxylic acids is 1. The number of aromatic nitrogens is 2. The molecule has 1 heterocycles. The van der Waals surface area contributed by atoms with Crippen LogP contribution in [0.5, 0.6) is 0 Å². The SMILES string of the molecule is COC(=O)NC1CCC(n2nc(C(F)(F)F)cc2C(C)C)C1. The van der Waals surface area contributed by atoms with E-state index in [1.54, 1.807) is 0 Å². The largest absolute Gasteiger partial charge is 0.453 e. The maximum atomic E-state index is 12.9. The molecule has 1 fully saturated rings. The number of rotatable bonds is 3. The third-order valence-electron chi connectivity index (χ3n) is 3.90. The average molecular weight is 319 g/mol. The van der Waals surface area contributed by atoms with Crippen LogP contribution in [0.2, 0.25) is 0 Å². The first-order valence-electron chi connectivity index (χ1n) is 7.23. The normalized spacial score (nSPS) is 22.1. The van der Waals surface area contributed by atoms with Gasteiger partial charge in [0.05, 0.1) is 13.2 Å². The Morgan fingerprint density at radius 3 is 2.68 bits per heavy atom. The molecule has 1 aromatic rings. The first kappa shape index (κ1) is 16.6. The van der Waals surface area contributed by atoms with Gasteiger partial charge in [0, 0.05) is 11.7 Å². The van der Waals surface area contributed by atoms with Crippen LogP contribution in [0.3, 0.4) is 0 Å². The summed E-state index contributed by atoms with van der Waals surface area (Å²) in [5.41, 5.74) is -0.295. The second-order valence-corrected chi connectivity index (χ2v) is 5.85. The van der Waals surface area contributed by atoms with Crippen LogP contribution >= 0.6 is 0 Å². The van der Waals surface area contributed by atoms with Gasteiger partial charge in [-0.05, 0) is 31.2 Å². The summed E-state index contributed by atoms with van der Waals surface area (Å²) in [6.45, 7) is 3.68. The predicted molar refractivity (Wildman–Crippen MR) is 73.5 cm³/mol. The Morgan fingerprint density at radius 1 is 1.45 bits per heavy atom. The summed E-state index contributed by atoms with van der Waals surface area (Å²) in [5, 5.41) is 6.46. The van der Waals surface area contributed by atoms with Crippen molar-refractivity contribution in [3.63, 3.8) is 0 Å². The van der Waals surface area contributed by atoms with Crippen LogP contribution < -0.4 is 5.32 Å². The van der Waals surface area contributed by atoms with Gasteiger partial charge in [0.1, 0.15) is 0 Å². The van der Waals surface area contributed by atoms with E-state index in [2.05, 4.69) is 15.2 Å². The Balaban J connectivity index is 2.18. The Kier molecular flexibility index (Phi) is 4.67. The van der Waals surface area contributed by atoms with Crippen molar-refractivity contribution in [3.05, 3.63) is 17.5 Å². The highest BCUT2D eigenvalue weighted by atomic mass is 19.4. The van der Waals surface area contributed by atoms with Crippen molar-refractivity contribution in [1.82, 2.24) is 15.1 Å².